The first-order valence-electron chi connectivity index (χ1n) is 11.1. The highest BCUT2D eigenvalue weighted by molar-refractivity contribution is 7.14. The molecule has 0 bridgehead atoms. The zero-order chi connectivity index (χ0) is 25.8. The van der Waals surface area contributed by atoms with Gasteiger partial charge in [-0.3, -0.25) is 10.1 Å². The summed E-state index contributed by atoms with van der Waals surface area (Å²) in [5.74, 6) is -1.56. The quantitative estimate of drug-likeness (QED) is 0.293. The molecule has 35 heavy (non-hydrogen) atoms. The van der Waals surface area contributed by atoms with Crippen LogP contribution in [-0.2, 0) is 16.1 Å². The number of unbranched alkanes of at least 4 members (excludes halogenated alkanes) is 1. The highest BCUT2D eigenvalue weighted by Gasteiger charge is 2.23. The molecular weight excluding hydrogens is 474 g/mol. The second kappa shape index (κ2) is 13.3. The highest BCUT2D eigenvalue weighted by atomic mass is 32.1. The van der Waals surface area contributed by atoms with Crippen molar-refractivity contribution in [2.24, 2.45) is 0 Å². The molecule has 0 aliphatic heterocycles. The number of benzene rings is 1. The number of carboxylic acid groups (broad SMARTS) is 1. The van der Waals surface area contributed by atoms with Crippen LogP contribution in [0.3, 0.4) is 0 Å². The average Bonchev–Trinajstić information content (AvgIpc) is 3.24. The lowest BCUT2D eigenvalue weighted by Crippen LogP contribution is -2.43. The third kappa shape index (κ3) is 10.9. The van der Waals surface area contributed by atoms with Gasteiger partial charge < -0.3 is 25.8 Å². The molecule has 2 aromatic rings. The van der Waals surface area contributed by atoms with Gasteiger partial charge in [-0.05, 0) is 45.6 Å². The van der Waals surface area contributed by atoms with Crippen molar-refractivity contribution in [2.45, 2.75) is 58.2 Å². The predicted molar refractivity (Wildman–Crippen MR) is 131 cm³/mol. The summed E-state index contributed by atoms with van der Waals surface area (Å²) >= 11 is 1.13. The maximum absolute atomic E-state index is 12.3. The summed E-state index contributed by atoms with van der Waals surface area (Å²) in [6, 6.07) is 7.93. The Morgan fingerprint density at radius 2 is 1.80 bits per heavy atom. The molecule has 0 saturated carbocycles. The minimum atomic E-state index is -1.16. The van der Waals surface area contributed by atoms with E-state index in [9.17, 15) is 24.3 Å². The molecule has 0 radical (unpaired) electrons. The lowest BCUT2D eigenvalue weighted by molar-refractivity contribution is -0.139. The standard InChI is InChI=1S/C23H31N5O6S/c1-23(2,3)34-22(33)27-16(19(30)31)11-7-8-12-24-18(29)17-14-35-21(26-17)28-20(32)25-13-15-9-5-4-6-10-15/h4-6,9-10,14,16H,7-8,11-13H2,1-3H3,(H,24,29)(H,27,33)(H,30,31)(H2,25,26,28,32)/t16-/m0/s1. The molecule has 0 saturated heterocycles. The number of aliphatic carboxylic acids is 1. The second-order valence-electron chi connectivity index (χ2n) is 8.62. The first-order chi connectivity index (χ1) is 16.5. The Morgan fingerprint density at radius 3 is 2.46 bits per heavy atom. The van der Waals surface area contributed by atoms with Crippen LogP contribution in [0.25, 0.3) is 0 Å². The number of rotatable bonds is 11. The number of hydrogen-bond acceptors (Lipinski definition) is 7. The average molecular weight is 506 g/mol. The normalized spacial score (nSPS) is 11.7. The van der Waals surface area contributed by atoms with Gasteiger partial charge in [0, 0.05) is 18.5 Å². The van der Waals surface area contributed by atoms with Gasteiger partial charge in [-0.25, -0.2) is 19.4 Å². The van der Waals surface area contributed by atoms with Crippen molar-refractivity contribution in [2.75, 3.05) is 11.9 Å². The highest BCUT2D eigenvalue weighted by Crippen LogP contribution is 2.15. The van der Waals surface area contributed by atoms with Gasteiger partial charge in [0.05, 0.1) is 0 Å². The number of amides is 4. The van der Waals surface area contributed by atoms with Gasteiger partial charge in [-0.1, -0.05) is 30.3 Å². The fourth-order valence-electron chi connectivity index (χ4n) is 2.83. The first kappa shape index (κ1) is 27.6. The Bertz CT molecular complexity index is 1010. The smallest absolute Gasteiger partial charge is 0.408 e. The van der Waals surface area contributed by atoms with Crippen LogP contribution in [0, 0.1) is 0 Å². The van der Waals surface area contributed by atoms with E-state index in [0.29, 0.717) is 31.1 Å². The number of anilines is 1. The van der Waals surface area contributed by atoms with Gasteiger partial charge >= 0.3 is 18.1 Å². The van der Waals surface area contributed by atoms with Gasteiger partial charge in [-0.2, -0.15) is 0 Å². The fourth-order valence-corrected chi connectivity index (χ4v) is 3.51. The van der Waals surface area contributed by atoms with Crippen LogP contribution in [0.5, 0.6) is 0 Å². The van der Waals surface area contributed by atoms with E-state index in [0.717, 1.165) is 16.9 Å². The van der Waals surface area contributed by atoms with E-state index in [1.54, 1.807) is 20.8 Å². The van der Waals surface area contributed by atoms with Crippen LogP contribution in [-0.4, -0.2) is 52.3 Å². The van der Waals surface area contributed by atoms with E-state index in [-0.39, 0.29) is 12.1 Å². The van der Waals surface area contributed by atoms with Crippen molar-refractivity contribution < 1.29 is 29.0 Å². The Balaban J connectivity index is 1.68. The van der Waals surface area contributed by atoms with E-state index >= 15 is 0 Å². The van der Waals surface area contributed by atoms with Crippen LogP contribution in [0.15, 0.2) is 35.7 Å². The van der Waals surface area contributed by atoms with E-state index < -0.39 is 35.6 Å². The van der Waals surface area contributed by atoms with E-state index in [2.05, 4.69) is 26.3 Å². The molecule has 190 valence electrons. The Hall–Kier alpha value is -3.67. The summed E-state index contributed by atoms with van der Waals surface area (Å²) in [5.41, 5.74) is 0.398. The lowest BCUT2D eigenvalue weighted by Gasteiger charge is -2.22. The summed E-state index contributed by atoms with van der Waals surface area (Å²) in [6.07, 6.45) is 0.356. The number of urea groups is 1. The monoisotopic (exact) mass is 505 g/mol. The SMILES string of the molecule is CC(C)(C)OC(=O)N[C@@H](CCCCNC(=O)c1csc(NC(=O)NCc2ccccc2)n1)C(=O)O. The molecule has 11 nitrogen and oxygen atoms in total. The molecule has 2 rings (SSSR count). The van der Waals surface area contributed by atoms with Crippen LogP contribution < -0.4 is 21.3 Å². The summed E-state index contributed by atoms with van der Waals surface area (Å²) in [7, 11) is 0. The summed E-state index contributed by atoms with van der Waals surface area (Å²) in [6.45, 7) is 5.73. The molecule has 1 aromatic carbocycles. The number of nitrogens with one attached hydrogen (secondary N) is 4. The number of nitrogens with zero attached hydrogens (tertiary/aromatic N) is 1. The molecule has 12 heteroatoms. The van der Waals surface area contributed by atoms with Crippen molar-refractivity contribution in [3.05, 3.63) is 47.0 Å². The van der Waals surface area contributed by atoms with E-state index in [1.165, 1.54) is 5.38 Å². The minimum Gasteiger partial charge on any atom is -0.480 e. The second-order valence-corrected chi connectivity index (χ2v) is 9.48. The number of aromatic nitrogens is 1. The van der Waals surface area contributed by atoms with Crippen molar-refractivity contribution in [1.29, 1.82) is 0 Å². The van der Waals surface area contributed by atoms with Gasteiger partial charge in [-0.15, -0.1) is 11.3 Å². The van der Waals surface area contributed by atoms with Crippen molar-refractivity contribution in [1.82, 2.24) is 20.9 Å². The Kier molecular flexibility index (Phi) is 10.5. The van der Waals surface area contributed by atoms with Crippen LogP contribution in [0.1, 0.15) is 56.1 Å². The van der Waals surface area contributed by atoms with Gasteiger partial charge in [0.2, 0.25) is 0 Å². The number of carboxylic acids is 1. The van der Waals surface area contributed by atoms with Gasteiger partial charge in [0.1, 0.15) is 17.3 Å². The van der Waals surface area contributed by atoms with Crippen molar-refractivity contribution >= 4 is 40.5 Å². The third-order valence-electron chi connectivity index (χ3n) is 4.45. The van der Waals surface area contributed by atoms with Crippen molar-refractivity contribution in [3.63, 3.8) is 0 Å². The molecular formula is C23H31N5O6S. The maximum atomic E-state index is 12.3. The number of carbonyl (C=O) groups excluding carboxylic acids is 3. The minimum absolute atomic E-state index is 0.170. The largest absolute Gasteiger partial charge is 0.480 e. The maximum Gasteiger partial charge on any atom is 0.408 e. The number of thiazole rings is 1. The molecule has 0 fully saturated rings. The van der Waals surface area contributed by atoms with Crippen LogP contribution >= 0.6 is 11.3 Å². The molecule has 1 heterocycles. The number of carbonyl (C=O) groups is 4. The van der Waals surface area contributed by atoms with E-state index in [4.69, 9.17) is 4.74 Å². The molecule has 1 aromatic heterocycles. The number of ether oxygens (including phenoxy) is 1. The Labute approximate surface area is 207 Å². The predicted octanol–water partition coefficient (Wildman–Crippen LogP) is 3.34. The Morgan fingerprint density at radius 1 is 1.09 bits per heavy atom. The van der Waals surface area contributed by atoms with E-state index in [1.807, 2.05) is 30.3 Å². The molecule has 0 unspecified atom stereocenters. The van der Waals surface area contributed by atoms with Crippen LogP contribution in [0.2, 0.25) is 0 Å². The molecule has 0 aliphatic carbocycles. The summed E-state index contributed by atoms with van der Waals surface area (Å²) < 4.78 is 5.08. The fraction of sp³-hybridized carbons (Fsp3) is 0.435. The summed E-state index contributed by atoms with van der Waals surface area (Å²) in [5, 5.41) is 21.5. The molecule has 4 amide bonds. The van der Waals surface area contributed by atoms with Gasteiger partial charge in [0.25, 0.3) is 5.91 Å². The van der Waals surface area contributed by atoms with Crippen molar-refractivity contribution in [3.8, 4) is 0 Å². The zero-order valence-electron chi connectivity index (χ0n) is 19.9. The molecule has 1 atom stereocenters. The lowest BCUT2D eigenvalue weighted by atomic mass is 10.1. The topological polar surface area (TPSA) is 159 Å². The zero-order valence-corrected chi connectivity index (χ0v) is 20.7. The molecule has 0 spiro atoms. The third-order valence-corrected chi connectivity index (χ3v) is 5.21. The summed E-state index contributed by atoms with van der Waals surface area (Å²) in [4.78, 5) is 51.6. The molecule has 0 aliphatic rings. The molecule has 5 N–H and O–H groups in total. The first-order valence-corrected chi connectivity index (χ1v) is 12.0. The van der Waals surface area contributed by atoms with Gasteiger partial charge in [0.15, 0.2) is 5.13 Å². The number of alkyl carbamates (subject to hydrolysis) is 1. The number of hydrogen-bond donors (Lipinski definition) is 5. The van der Waals surface area contributed by atoms with Crippen LogP contribution in [0.4, 0.5) is 14.7 Å².